The van der Waals surface area contributed by atoms with Crippen LogP contribution in [0, 0.1) is 5.82 Å². The molecule has 0 radical (unpaired) electrons. The van der Waals surface area contributed by atoms with Crippen LogP contribution in [0.5, 0.6) is 5.75 Å². The highest BCUT2D eigenvalue weighted by molar-refractivity contribution is 6.30. The molecule has 1 aliphatic heterocycles. The van der Waals surface area contributed by atoms with Crippen LogP contribution in [0.25, 0.3) is 5.69 Å². The van der Waals surface area contributed by atoms with Gasteiger partial charge in [0.25, 0.3) is 0 Å². The molecule has 0 N–H and O–H groups in total. The van der Waals surface area contributed by atoms with Gasteiger partial charge in [-0.25, -0.2) is 9.18 Å². The summed E-state index contributed by atoms with van der Waals surface area (Å²) >= 11 is 6.33. The smallest absolute Gasteiger partial charge is 0.411 e. The van der Waals surface area contributed by atoms with Gasteiger partial charge in [0.2, 0.25) is 0 Å². The molecular formula is C27H30ClFN4O3. The fraction of sp³-hybridized carbons (Fsp3) is 0.444. The van der Waals surface area contributed by atoms with Gasteiger partial charge in [0.15, 0.2) is 5.82 Å². The first-order chi connectivity index (χ1) is 17.2. The minimum absolute atomic E-state index is 0.0759. The van der Waals surface area contributed by atoms with Crippen LogP contribution in [0.15, 0.2) is 42.5 Å². The number of fused-ring (bicyclic) bond motifs is 3. The van der Waals surface area contributed by atoms with E-state index in [-0.39, 0.29) is 24.4 Å². The number of carbonyl (C=O) groups excluding carboxylic acids is 1. The maximum atomic E-state index is 13.2. The van der Waals surface area contributed by atoms with E-state index in [1.807, 2.05) is 39.0 Å². The maximum Gasteiger partial charge on any atom is 0.411 e. The minimum atomic E-state index is -0.603. The molecule has 1 saturated carbocycles. The predicted octanol–water partition coefficient (Wildman–Crippen LogP) is 6.42. The van der Waals surface area contributed by atoms with Gasteiger partial charge in [-0.2, -0.15) is 0 Å². The van der Waals surface area contributed by atoms with Gasteiger partial charge < -0.3 is 9.47 Å². The van der Waals surface area contributed by atoms with Gasteiger partial charge in [-0.3, -0.25) is 9.47 Å². The van der Waals surface area contributed by atoms with E-state index >= 15 is 0 Å². The second-order valence-corrected chi connectivity index (χ2v) is 10.9. The van der Waals surface area contributed by atoms with Crippen LogP contribution in [0.2, 0.25) is 5.02 Å². The van der Waals surface area contributed by atoms with Crippen LogP contribution in [-0.4, -0.2) is 37.5 Å². The quantitative estimate of drug-likeness (QED) is 0.405. The molecule has 1 aromatic heterocycles. The Balaban J connectivity index is 1.38. The molecule has 0 unspecified atom stereocenters. The zero-order valence-electron chi connectivity index (χ0n) is 20.7. The summed E-state index contributed by atoms with van der Waals surface area (Å²) in [4.78, 5) is 14.6. The molecule has 7 nitrogen and oxygen atoms in total. The second-order valence-electron chi connectivity index (χ2n) is 10.5. The molecule has 0 bridgehead atoms. The Morgan fingerprint density at radius 3 is 2.44 bits per heavy atom. The normalized spacial score (nSPS) is 19.8. The Hall–Kier alpha value is -3.13. The Morgan fingerprint density at radius 1 is 1.03 bits per heavy atom. The summed E-state index contributed by atoms with van der Waals surface area (Å²) in [5, 5.41) is 9.70. The van der Waals surface area contributed by atoms with Crippen LogP contribution in [0.3, 0.4) is 0 Å². The number of nitrogens with zero attached hydrogens (tertiary/aromatic N) is 4. The zero-order valence-corrected chi connectivity index (χ0v) is 21.5. The first-order valence-corrected chi connectivity index (χ1v) is 12.7. The van der Waals surface area contributed by atoms with Gasteiger partial charge in [-0.1, -0.05) is 11.6 Å². The van der Waals surface area contributed by atoms with Crippen molar-refractivity contribution in [2.45, 2.75) is 77.2 Å². The van der Waals surface area contributed by atoms with Crippen molar-refractivity contribution in [3.05, 3.63) is 70.5 Å². The second kappa shape index (κ2) is 9.73. The maximum absolute atomic E-state index is 13.2. The lowest BCUT2D eigenvalue weighted by Gasteiger charge is -2.29. The van der Waals surface area contributed by atoms with E-state index in [2.05, 4.69) is 14.8 Å². The van der Waals surface area contributed by atoms with Crippen molar-refractivity contribution in [1.29, 1.82) is 0 Å². The molecule has 2 heterocycles. The van der Waals surface area contributed by atoms with E-state index in [1.165, 1.54) is 12.1 Å². The lowest BCUT2D eigenvalue weighted by Crippen LogP contribution is -2.35. The lowest BCUT2D eigenvalue weighted by molar-refractivity contribution is 0.0214. The van der Waals surface area contributed by atoms with Crippen molar-refractivity contribution in [3.8, 4) is 11.4 Å². The monoisotopic (exact) mass is 512 g/mol. The molecule has 0 saturated heterocycles. The number of hydrogen-bond donors (Lipinski definition) is 0. The van der Waals surface area contributed by atoms with E-state index in [0.717, 1.165) is 42.8 Å². The number of aromatic nitrogens is 3. The van der Waals surface area contributed by atoms with Crippen molar-refractivity contribution in [2.24, 2.45) is 0 Å². The summed E-state index contributed by atoms with van der Waals surface area (Å²) in [5.41, 5.74) is 1.25. The Bertz CT molecular complexity index is 1250. The van der Waals surface area contributed by atoms with Gasteiger partial charge in [0, 0.05) is 10.9 Å². The number of benzene rings is 2. The van der Waals surface area contributed by atoms with Crippen LogP contribution in [-0.2, 0) is 17.8 Å². The number of carbonyl (C=O) groups is 1. The van der Waals surface area contributed by atoms with Crippen LogP contribution < -0.4 is 4.74 Å². The molecule has 1 aliphatic carbocycles. The van der Waals surface area contributed by atoms with Crippen molar-refractivity contribution in [3.63, 3.8) is 0 Å². The molecule has 9 heteroatoms. The topological polar surface area (TPSA) is 69.5 Å². The third-order valence-electron chi connectivity index (χ3n) is 6.54. The van der Waals surface area contributed by atoms with Gasteiger partial charge >= 0.3 is 6.09 Å². The summed E-state index contributed by atoms with van der Waals surface area (Å²) in [6.07, 6.45) is 3.19. The summed E-state index contributed by atoms with van der Waals surface area (Å²) < 4.78 is 27.0. The van der Waals surface area contributed by atoms with Crippen LogP contribution >= 0.6 is 11.6 Å². The number of rotatable bonds is 3. The highest BCUT2D eigenvalue weighted by Crippen LogP contribution is 2.37. The molecule has 2 aromatic carbocycles. The van der Waals surface area contributed by atoms with E-state index in [9.17, 15) is 9.18 Å². The molecule has 190 valence electrons. The largest absolute Gasteiger partial charge is 0.490 e. The van der Waals surface area contributed by atoms with E-state index in [1.54, 1.807) is 17.0 Å². The molecule has 36 heavy (non-hydrogen) atoms. The predicted molar refractivity (Wildman–Crippen MR) is 134 cm³/mol. The first kappa shape index (κ1) is 24.6. The Labute approximate surface area is 215 Å². The van der Waals surface area contributed by atoms with Gasteiger partial charge in [-0.15, -0.1) is 10.2 Å². The van der Waals surface area contributed by atoms with Crippen molar-refractivity contribution < 1.29 is 18.7 Å². The lowest BCUT2D eigenvalue weighted by atomic mass is 9.86. The fourth-order valence-corrected chi connectivity index (χ4v) is 5.09. The average molecular weight is 513 g/mol. The molecule has 1 fully saturated rings. The third-order valence-corrected chi connectivity index (χ3v) is 6.77. The van der Waals surface area contributed by atoms with E-state index < -0.39 is 11.7 Å². The molecule has 0 atom stereocenters. The SMILES string of the molecule is CC(C)(C)OC(=O)N1Cc2cc(Cl)ccc2-n2c(nnc2[C@H]2CC[C@H](Oc3ccc(F)cc3)CC2)C1. The summed E-state index contributed by atoms with van der Waals surface area (Å²) in [7, 11) is 0. The summed E-state index contributed by atoms with van der Waals surface area (Å²) in [6, 6.07) is 11.9. The summed E-state index contributed by atoms with van der Waals surface area (Å²) in [6.45, 7) is 6.21. The molecule has 5 rings (SSSR count). The molecular weight excluding hydrogens is 483 g/mol. The van der Waals surface area contributed by atoms with Gasteiger partial charge in [0.1, 0.15) is 23.0 Å². The number of halogens is 2. The minimum Gasteiger partial charge on any atom is -0.490 e. The standard InChI is InChI=1S/C27H30ClFN4O3/c1-27(2,3)36-26(34)32-15-18-14-19(28)6-13-23(18)33-24(16-32)30-31-25(33)17-4-9-21(10-5-17)35-22-11-7-20(29)8-12-22/h6-8,11-14,17,21H,4-5,9-10,15-16H2,1-3H3/t17-,21-. The number of amides is 1. The highest BCUT2D eigenvalue weighted by Gasteiger charge is 2.33. The van der Waals surface area contributed by atoms with E-state index in [0.29, 0.717) is 23.1 Å². The van der Waals surface area contributed by atoms with Crippen LogP contribution in [0.4, 0.5) is 9.18 Å². The fourth-order valence-electron chi connectivity index (χ4n) is 4.89. The highest BCUT2D eigenvalue weighted by atomic mass is 35.5. The average Bonchev–Trinajstić information content (AvgIpc) is 3.15. The first-order valence-electron chi connectivity index (χ1n) is 12.3. The molecule has 3 aromatic rings. The molecule has 2 aliphatic rings. The molecule has 0 spiro atoms. The van der Waals surface area contributed by atoms with E-state index in [4.69, 9.17) is 21.1 Å². The Morgan fingerprint density at radius 2 is 1.75 bits per heavy atom. The summed E-state index contributed by atoms with van der Waals surface area (Å²) in [5.74, 6) is 2.20. The van der Waals surface area contributed by atoms with Gasteiger partial charge in [0.05, 0.1) is 24.9 Å². The molecule has 1 amide bonds. The van der Waals surface area contributed by atoms with Gasteiger partial charge in [-0.05, 0) is 94.5 Å². The van der Waals surface area contributed by atoms with Crippen molar-refractivity contribution in [1.82, 2.24) is 19.7 Å². The third kappa shape index (κ3) is 5.33. The number of ether oxygens (including phenoxy) is 2. The Kier molecular flexibility index (Phi) is 6.64. The zero-order chi connectivity index (χ0) is 25.4. The number of hydrogen-bond acceptors (Lipinski definition) is 5. The van der Waals surface area contributed by atoms with Crippen LogP contribution in [0.1, 0.15) is 69.6 Å². The van der Waals surface area contributed by atoms with Crippen molar-refractivity contribution in [2.75, 3.05) is 0 Å². The van der Waals surface area contributed by atoms with Crippen molar-refractivity contribution >= 4 is 17.7 Å².